The van der Waals surface area contributed by atoms with Gasteiger partial charge in [-0.25, -0.2) is 4.79 Å². The zero-order chi connectivity index (χ0) is 20.5. The van der Waals surface area contributed by atoms with E-state index in [0.717, 1.165) is 11.1 Å². The molecule has 1 aliphatic rings. The molecule has 29 heavy (non-hydrogen) atoms. The summed E-state index contributed by atoms with van der Waals surface area (Å²) in [6.07, 6.45) is 1.76. The maximum Gasteiger partial charge on any atom is 0.338 e. The number of rotatable bonds is 4. The molecule has 4 heterocycles. The highest BCUT2D eigenvalue weighted by molar-refractivity contribution is 7.08. The summed E-state index contributed by atoms with van der Waals surface area (Å²) in [5.41, 5.74) is 8.09. The van der Waals surface area contributed by atoms with Crippen molar-refractivity contribution >= 4 is 57.4 Å². The Balaban J connectivity index is 2.08. The van der Waals surface area contributed by atoms with Crippen molar-refractivity contribution in [3.8, 4) is 6.07 Å². The van der Waals surface area contributed by atoms with E-state index in [4.69, 9.17) is 10.5 Å². The number of thiazole rings is 1. The number of nitriles is 1. The van der Waals surface area contributed by atoms with E-state index in [-0.39, 0.29) is 23.6 Å². The van der Waals surface area contributed by atoms with Gasteiger partial charge in [-0.1, -0.05) is 0 Å². The Morgan fingerprint density at radius 1 is 1.34 bits per heavy atom. The highest BCUT2D eigenvalue weighted by atomic mass is 32.1. The highest BCUT2D eigenvalue weighted by Gasteiger charge is 2.36. The van der Waals surface area contributed by atoms with E-state index in [0.29, 0.717) is 14.8 Å². The normalized spacial score (nSPS) is 16.6. The lowest BCUT2D eigenvalue weighted by molar-refractivity contribution is -0.138. The molecule has 0 aromatic carbocycles. The lowest BCUT2D eigenvalue weighted by atomic mass is 9.85. The van der Waals surface area contributed by atoms with Gasteiger partial charge in [0.2, 0.25) is 0 Å². The summed E-state index contributed by atoms with van der Waals surface area (Å²) in [6, 6.07) is 5.96. The molecule has 3 aromatic rings. The number of thiophene rings is 2. The summed E-state index contributed by atoms with van der Waals surface area (Å²) < 4.78 is 7.36. The van der Waals surface area contributed by atoms with E-state index in [9.17, 15) is 14.9 Å². The third-order valence-electron chi connectivity index (χ3n) is 4.48. The van der Waals surface area contributed by atoms with Gasteiger partial charge in [0.25, 0.3) is 5.56 Å². The van der Waals surface area contributed by atoms with E-state index in [1.165, 1.54) is 38.6 Å². The molecule has 0 aliphatic carbocycles. The number of fused-ring (bicyclic) bond motifs is 1. The van der Waals surface area contributed by atoms with Gasteiger partial charge in [-0.15, -0.1) is 11.3 Å². The molecule has 3 aromatic heterocycles. The predicted molar refractivity (Wildman–Crippen MR) is 116 cm³/mol. The fraction of sp³-hybridized carbons (Fsp3) is 0.150. The Kier molecular flexibility index (Phi) is 5.24. The van der Waals surface area contributed by atoms with Crippen LogP contribution in [0.25, 0.3) is 17.5 Å². The van der Waals surface area contributed by atoms with Gasteiger partial charge in [-0.3, -0.25) is 9.36 Å². The fourth-order valence-corrected chi connectivity index (χ4v) is 5.67. The molecule has 0 saturated carbocycles. The van der Waals surface area contributed by atoms with Gasteiger partial charge in [-0.2, -0.15) is 27.9 Å². The van der Waals surface area contributed by atoms with Crippen LogP contribution in [-0.4, -0.2) is 17.1 Å². The molecule has 9 heteroatoms. The van der Waals surface area contributed by atoms with Gasteiger partial charge in [0.1, 0.15) is 10.5 Å². The summed E-state index contributed by atoms with van der Waals surface area (Å²) in [4.78, 5) is 25.9. The van der Waals surface area contributed by atoms with E-state index in [1.807, 2.05) is 33.7 Å². The molecule has 0 fully saturated rings. The average molecular weight is 442 g/mol. The number of ether oxygens (including phenoxy) is 1. The van der Waals surface area contributed by atoms with Crippen molar-refractivity contribution < 1.29 is 9.53 Å². The molecule has 4 rings (SSSR count). The molecule has 1 atom stereocenters. The van der Waals surface area contributed by atoms with Gasteiger partial charge in [0, 0.05) is 0 Å². The van der Waals surface area contributed by atoms with E-state index in [1.54, 1.807) is 13.0 Å². The molecule has 0 radical (unpaired) electrons. The first-order valence-corrected chi connectivity index (χ1v) is 11.4. The third-order valence-corrected chi connectivity index (χ3v) is 6.99. The topological polar surface area (TPSA) is 98.1 Å². The average Bonchev–Trinajstić information content (AvgIpc) is 3.45. The van der Waals surface area contributed by atoms with Gasteiger partial charge in [-0.05, 0) is 57.8 Å². The second kappa shape index (κ2) is 7.83. The Labute approximate surface area is 177 Å². The lowest BCUT2D eigenvalue weighted by Gasteiger charge is -2.24. The molecule has 0 amide bonds. The molecule has 146 valence electrons. The molecular weight excluding hydrogens is 426 g/mol. The second-order valence-corrected chi connectivity index (χ2v) is 8.74. The van der Waals surface area contributed by atoms with Crippen molar-refractivity contribution in [3.63, 3.8) is 0 Å². The lowest BCUT2D eigenvalue weighted by Crippen LogP contribution is -2.40. The van der Waals surface area contributed by atoms with Crippen LogP contribution in [0, 0.1) is 11.3 Å². The number of hydrogen-bond donors (Lipinski definition) is 1. The van der Waals surface area contributed by atoms with Gasteiger partial charge >= 0.3 is 5.97 Å². The van der Waals surface area contributed by atoms with Crippen LogP contribution in [0.5, 0.6) is 0 Å². The fourth-order valence-electron chi connectivity index (χ4n) is 3.24. The van der Waals surface area contributed by atoms with Gasteiger partial charge in [0.05, 0.1) is 34.3 Å². The summed E-state index contributed by atoms with van der Waals surface area (Å²) in [6.45, 7) is 1.86. The first-order valence-electron chi connectivity index (χ1n) is 8.66. The molecule has 0 bridgehead atoms. The minimum Gasteiger partial charge on any atom is -0.463 e. The largest absolute Gasteiger partial charge is 0.463 e. The van der Waals surface area contributed by atoms with Crippen LogP contribution in [0.4, 0.5) is 0 Å². The van der Waals surface area contributed by atoms with Gasteiger partial charge in [0.15, 0.2) is 0 Å². The van der Waals surface area contributed by atoms with Crippen molar-refractivity contribution in [2.24, 2.45) is 5.73 Å². The Hall–Kier alpha value is -2.93. The summed E-state index contributed by atoms with van der Waals surface area (Å²) in [5.74, 6) is -1.28. The number of nitrogens with two attached hydrogens (primary N) is 1. The van der Waals surface area contributed by atoms with Crippen LogP contribution in [0.15, 0.2) is 44.0 Å². The standard InChI is InChI=1S/C20H15N3O3S3/c1-2-26-20(25)16-15(12-4-6-28-10-12)13(8-21)19-23(17(16)22)18(24)14(29-19)7-11-3-5-27-9-11/h3-7,9-10,15H,2,22H2,1H3. The van der Waals surface area contributed by atoms with E-state index < -0.39 is 11.9 Å². The van der Waals surface area contributed by atoms with Crippen LogP contribution in [0.2, 0.25) is 0 Å². The predicted octanol–water partition coefficient (Wildman–Crippen LogP) is 2.02. The molecule has 0 saturated heterocycles. The molecular formula is C20H15N3O3S3. The minimum atomic E-state index is -0.669. The van der Waals surface area contributed by atoms with Crippen molar-refractivity contribution in [1.82, 2.24) is 4.57 Å². The highest BCUT2D eigenvalue weighted by Crippen LogP contribution is 2.37. The number of carbonyl (C=O) groups is 1. The van der Waals surface area contributed by atoms with Crippen LogP contribution in [0.3, 0.4) is 0 Å². The number of aromatic nitrogens is 1. The van der Waals surface area contributed by atoms with Crippen molar-refractivity contribution in [2.75, 3.05) is 6.61 Å². The van der Waals surface area contributed by atoms with E-state index in [2.05, 4.69) is 6.07 Å². The zero-order valence-electron chi connectivity index (χ0n) is 15.2. The smallest absolute Gasteiger partial charge is 0.338 e. The summed E-state index contributed by atoms with van der Waals surface area (Å²) in [7, 11) is 0. The minimum absolute atomic E-state index is 0.0138. The Bertz CT molecular complexity index is 1320. The number of nitrogens with zero attached hydrogens (tertiary/aromatic N) is 2. The molecule has 2 N–H and O–H groups in total. The maximum absolute atomic E-state index is 13.1. The van der Waals surface area contributed by atoms with Crippen molar-refractivity contribution in [1.29, 1.82) is 5.26 Å². The maximum atomic E-state index is 13.1. The van der Waals surface area contributed by atoms with E-state index >= 15 is 0 Å². The van der Waals surface area contributed by atoms with Crippen LogP contribution < -0.4 is 20.5 Å². The summed E-state index contributed by atoms with van der Waals surface area (Å²) in [5, 5.41) is 17.5. The molecule has 0 spiro atoms. The third kappa shape index (κ3) is 3.25. The monoisotopic (exact) mass is 441 g/mol. The van der Waals surface area contributed by atoms with Crippen LogP contribution in [0.1, 0.15) is 24.0 Å². The number of hydrogen-bond acceptors (Lipinski definition) is 8. The number of carbonyl (C=O) groups excluding carboxylic acids is 1. The van der Waals surface area contributed by atoms with Crippen molar-refractivity contribution in [2.45, 2.75) is 12.8 Å². The number of esters is 1. The SMILES string of the molecule is CCOC(=O)C1=C(N)n2c(sc(=Cc3ccsc3)c2=O)=C(C#N)C1c1ccsc1. The van der Waals surface area contributed by atoms with Gasteiger partial charge < -0.3 is 10.5 Å². The quantitative estimate of drug-likeness (QED) is 0.625. The summed E-state index contributed by atoms with van der Waals surface area (Å²) >= 11 is 4.19. The second-order valence-electron chi connectivity index (χ2n) is 6.15. The van der Waals surface area contributed by atoms with Crippen molar-refractivity contribution in [3.05, 3.63) is 69.9 Å². The molecule has 1 unspecified atom stereocenters. The first kappa shape index (κ1) is 19.4. The molecule has 6 nitrogen and oxygen atoms in total. The first-order chi connectivity index (χ1) is 14.1. The Morgan fingerprint density at radius 2 is 2.10 bits per heavy atom. The van der Waals surface area contributed by atoms with Crippen LogP contribution in [-0.2, 0) is 9.53 Å². The molecule has 1 aliphatic heterocycles. The Morgan fingerprint density at radius 3 is 2.72 bits per heavy atom. The van der Waals surface area contributed by atoms with Crippen LogP contribution >= 0.6 is 34.0 Å². The zero-order valence-corrected chi connectivity index (χ0v) is 17.7.